The molecule has 0 aliphatic heterocycles. The second-order valence-electron chi connectivity index (χ2n) is 10.6. The van der Waals surface area contributed by atoms with Crippen molar-refractivity contribution < 1.29 is 19.0 Å². The number of ether oxygens (including phenoxy) is 3. The molecule has 11 nitrogen and oxygen atoms in total. The summed E-state index contributed by atoms with van der Waals surface area (Å²) in [5, 5.41) is 3.58. The Balaban J connectivity index is 1.21. The van der Waals surface area contributed by atoms with Crippen LogP contribution in [0.2, 0.25) is 0 Å². The first-order valence-corrected chi connectivity index (χ1v) is 14.8. The second kappa shape index (κ2) is 15.7. The summed E-state index contributed by atoms with van der Waals surface area (Å²) in [6.45, 7) is 6.61. The van der Waals surface area contributed by atoms with Crippen LogP contribution < -0.4 is 26.2 Å². The van der Waals surface area contributed by atoms with Crippen LogP contribution >= 0.6 is 0 Å². The normalized spacial score (nSPS) is 11.9. The number of aromatic amines is 1. The van der Waals surface area contributed by atoms with E-state index in [2.05, 4.69) is 46.2 Å². The smallest absolute Gasteiger partial charge is 0.328 e. The van der Waals surface area contributed by atoms with Gasteiger partial charge in [-0.2, -0.15) is 9.97 Å². The Bertz CT molecular complexity index is 1530. The number of benzene rings is 2. The van der Waals surface area contributed by atoms with Crippen LogP contribution in [0, 0.1) is 0 Å². The molecule has 2 aromatic heterocycles. The third-order valence-corrected chi connectivity index (χ3v) is 7.07. The van der Waals surface area contributed by atoms with Gasteiger partial charge in [-0.1, -0.05) is 49.7 Å². The summed E-state index contributed by atoms with van der Waals surface area (Å²) in [6, 6.07) is 16.3. The number of imidazole rings is 1. The van der Waals surface area contributed by atoms with E-state index in [9.17, 15) is 9.59 Å². The monoisotopic (exact) mass is 590 g/mol. The van der Waals surface area contributed by atoms with E-state index in [0.29, 0.717) is 37.0 Å². The van der Waals surface area contributed by atoms with Gasteiger partial charge in [0.25, 0.3) is 0 Å². The first-order valence-electron chi connectivity index (χ1n) is 14.8. The summed E-state index contributed by atoms with van der Waals surface area (Å²) >= 11 is 0. The van der Waals surface area contributed by atoms with Crippen LogP contribution in [0.1, 0.15) is 56.2 Å². The van der Waals surface area contributed by atoms with Gasteiger partial charge in [0.15, 0.2) is 11.5 Å². The Labute approximate surface area is 251 Å². The van der Waals surface area contributed by atoms with Gasteiger partial charge in [0.2, 0.25) is 0 Å². The first-order chi connectivity index (χ1) is 20.9. The number of H-pyrrole nitrogens is 1. The summed E-state index contributed by atoms with van der Waals surface area (Å²) in [5.74, 6) is 0.692. The molecule has 0 fully saturated rings. The average molecular weight is 591 g/mol. The molecule has 0 aliphatic carbocycles. The molecular formula is C32H42N6O5. The van der Waals surface area contributed by atoms with Crippen LogP contribution in [0.25, 0.3) is 11.2 Å². The second-order valence-corrected chi connectivity index (χ2v) is 10.6. The molecule has 43 heavy (non-hydrogen) atoms. The number of fused-ring (bicyclic) bond motifs is 1. The summed E-state index contributed by atoms with van der Waals surface area (Å²) in [4.78, 5) is 35.6. The topological polar surface area (TPSA) is 146 Å². The van der Waals surface area contributed by atoms with Crippen LogP contribution in [-0.4, -0.2) is 58.4 Å². The van der Waals surface area contributed by atoms with E-state index in [1.54, 1.807) is 4.57 Å². The fourth-order valence-corrected chi connectivity index (χ4v) is 4.69. The molecule has 4 N–H and O–H groups in total. The molecule has 0 bridgehead atoms. The number of rotatable bonds is 17. The largest absolute Gasteiger partial charge is 0.494 e. The lowest BCUT2D eigenvalue weighted by molar-refractivity contribution is -0.139. The molecule has 1 atom stereocenters. The SMILES string of the molecule is CCCCOc1nc(N)c2[nH]c(=O)n(Cc3ccc(CC(C)NCCCCOc4cccc(CC(=O)OC)c4)cc3)c2n1. The van der Waals surface area contributed by atoms with Crippen LogP contribution in [0.4, 0.5) is 5.82 Å². The number of aromatic nitrogens is 4. The van der Waals surface area contributed by atoms with Crippen molar-refractivity contribution in [1.82, 2.24) is 24.8 Å². The van der Waals surface area contributed by atoms with Gasteiger partial charge in [-0.3, -0.25) is 9.36 Å². The highest BCUT2D eigenvalue weighted by Crippen LogP contribution is 2.19. The van der Waals surface area contributed by atoms with E-state index in [1.807, 2.05) is 36.4 Å². The number of carbonyl (C=O) groups is 1. The van der Waals surface area contributed by atoms with Gasteiger partial charge in [-0.25, -0.2) is 4.79 Å². The minimum absolute atomic E-state index is 0.179. The van der Waals surface area contributed by atoms with Crippen molar-refractivity contribution in [2.24, 2.45) is 0 Å². The molecule has 0 amide bonds. The van der Waals surface area contributed by atoms with Gasteiger partial charge in [0, 0.05) is 6.04 Å². The number of carbonyl (C=O) groups excluding carboxylic acids is 1. The highest BCUT2D eigenvalue weighted by molar-refractivity contribution is 5.82. The number of nitrogen functional groups attached to an aromatic ring is 1. The number of hydrogen-bond donors (Lipinski definition) is 3. The molecule has 4 aromatic rings. The van der Waals surface area contributed by atoms with Crippen molar-refractivity contribution in [2.45, 2.75) is 65.0 Å². The number of hydrogen-bond acceptors (Lipinski definition) is 9. The molecule has 2 aromatic carbocycles. The lowest BCUT2D eigenvalue weighted by Crippen LogP contribution is -2.29. The third-order valence-electron chi connectivity index (χ3n) is 7.07. The first kappa shape index (κ1) is 31.6. The highest BCUT2D eigenvalue weighted by atomic mass is 16.5. The van der Waals surface area contributed by atoms with Gasteiger partial charge in [0.05, 0.1) is 33.3 Å². The molecule has 0 saturated heterocycles. The average Bonchev–Trinajstić information content (AvgIpc) is 3.31. The predicted molar refractivity (Wildman–Crippen MR) is 167 cm³/mol. The zero-order chi connectivity index (χ0) is 30.6. The molecule has 4 rings (SSSR count). The maximum absolute atomic E-state index is 12.7. The number of nitrogens with one attached hydrogen (secondary N) is 2. The lowest BCUT2D eigenvalue weighted by atomic mass is 10.0. The van der Waals surface area contributed by atoms with Crippen molar-refractivity contribution in [2.75, 3.05) is 32.6 Å². The third kappa shape index (κ3) is 9.31. The number of nitrogens with two attached hydrogens (primary N) is 1. The zero-order valence-corrected chi connectivity index (χ0v) is 25.2. The number of unbranched alkanes of at least 4 members (excludes halogenated alkanes) is 2. The molecule has 11 heteroatoms. The fraction of sp³-hybridized carbons (Fsp3) is 0.438. The minimum Gasteiger partial charge on any atom is -0.494 e. The molecular weight excluding hydrogens is 548 g/mol. The Morgan fingerprint density at radius 3 is 2.56 bits per heavy atom. The van der Waals surface area contributed by atoms with E-state index in [4.69, 9.17) is 19.9 Å². The molecule has 0 radical (unpaired) electrons. The van der Waals surface area contributed by atoms with Crippen molar-refractivity contribution in [3.8, 4) is 11.8 Å². The maximum Gasteiger partial charge on any atom is 0.328 e. The predicted octanol–water partition coefficient (Wildman–Crippen LogP) is 4.02. The summed E-state index contributed by atoms with van der Waals surface area (Å²) in [6.07, 6.45) is 4.91. The highest BCUT2D eigenvalue weighted by Gasteiger charge is 2.15. The summed E-state index contributed by atoms with van der Waals surface area (Å²) < 4.78 is 17.8. The molecule has 230 valence electrons. The van der Waals surface area contributed by atoms with Crippen molar-refractivity contribution in [3.63, 3.8) is 0 Å². The Hall–Kier alpha value is -4.38. The number of anilines is 1. The van der Waals surface area contributed by atoms with Gasteiger partial charge in [-0.15, -0.1) is 0 Å². The van der Waals surface area contributed by atoms with Crippen LogP contribution in [-0.2, 0) is 28.9 Å². The standard InChI is InChI=1S/C32H42N6O5/c1-4-5-16-43-31-36-29(33)28-30(37-31)38(32(40)35-28)21-24-13-11-23(12-14-24)18-22(2)34-15-6-7-17-42-26-10-8-9-25(19-26)20-27(39)41-3/h8-14,19,22,34H,4-7,15-18,20-21H2,1-3H3,(H,35,40)(H2,33,36,37). The van der Waals surface area contributed by atoms with Crippen LogP contribution in [0.3, 0.4) is 0 Å². The summed E-state index contributed by atoms with van der Waals surface area (Å²) in [7, 11) is 1.39. The quantitative estimate of drug-likeness (QED) is 0.123. The van der Waals surface area contributed by atoms with Gasteiger partial charge in [0.1, 0.15) is 11.3 Å². The van der Waals surface area contributed by atoms with E-state index >= 15 is 0 Å². The summed E-state index contributed by atoms with van der Waals surface area (Å²) in [5.41, 5.74) is 9.70. The number of methoxy groups -OCH3 is 1. The molecule has 1 unspecified atom stereocenters. The van der Waals surface area contributed by atoms with Crippen molar-refractivity contribution in [3.05, 3.63) is 75.7 Å². The van der Waals surface area contributed by atoms with E-state index in [0.717, 1.165) is 55.5 Å². The van der Waals surface area contributed by atoms with Crippen molar-refractivity contribution in [1.29, 1.82) is 0 Å². The molecule has 2 heterocycles. The van der Waals surface area contributed by atoms with E-state index in [1.165, 1.54) is 12.7 Å². The molecule has 0 aliphatic rings. The van der Waals surface area contributed by atoms with Crippen LogP contribution in [0.15, 0.2) is 53.3 Å². The zero-order valence-electron chi connectivity index (χ0n) is 25.2. The Morgan fingerprint density at radius 2 is 1.79 bits per heavy atom. The molecule has 0 saturated carbocycles. The Morgan fingerprint density at radius 1 is 1.02 bits per heavy atom. The maximum atomic E-state index is 12.7. The van der Waals surface area contributed by atoms with Crippen LogP contribution in [0.5, 0.6) is 11.8 Å². The van der Waals surface area contributed by atoms with Crippen molar-refractivity contribution >= 4 is 23.0 Å². The van der Waals surface area contributed by atoms with Gasteiger partial charge >= 0.3 is 17.7 Å². The van der Waals surface area contributed by atoms with Gasteiger partial charge in [-0.05, 0) is 68.0 Å². The lowest BCUT2D eigenvalue weighted by Gasteiger charge is -2.14. The number of nitrogens with zero attached hydrogens (tertiary/aromatic N) is 3. The van der Waals surface area contributed by atoms with E-state index < -0.39 is 0 Å². The van der Waals surface area contributed by atoms with E-state index in [-0.39, 0.29) is 29.9 Å². The molecule has 0 spiro atoms. The van der Waals surface area contributed by atoms with Gasteiger partial charge < -0.3 is 30.2 Å². The minimum atomic E-state index is -0.291. The fourth-order valence-electron chi connectivity index (χ4n) is 4.69. The Kier molecular flexibility index (Phi) is 11.5. The number of esters is 1.